The zero-order chi connectivity index (χ0) is 12.1. The van der Waals surface area contributed by atoms with Crippen LogP contribution in [0.15, 0.2) is 18.2 Å². The van der Waals surface area contributed by atoms with Crippen LogP contribution in [0.3, 0.4) is 0 Å². The number of halogens is 2. The van der Waals surface area contributed by atoms with Crippen molar-refractivity contribution in [1.29, 1.82) is 0 Å². The van der Waals surface area contributed by atoms with Crippen molar-refractivity contribution in [2.45, 2.75) is 18.9 Å². The van der Waals surface area contributed by atoms with Crippen LogP contribution in [-0.4, -0.2) is 11.8 Å². The number of nitrogens with two attached hydrogens (primary N) is 1. The van der Waals surface area contributed by atoms with Gasteiger partial charge in [0.25, 0.3) is 0 Å². The van der Waals surface area contributed by atoms with Crippen molar-refractivity contribution >= 4 is 29.0 Å². The normalized spacial score (nSPS) is 11.9. The second-order valence-electron chi connectivity index (χ2n) is 3.41. The van der Waals surface area contributed by atoms with Gasteiger partial charge in [0, 0.05) is 12.8 Å². The molecule has 0 bridgehead atoms. The lowest BCUT2D eigenvalue weighted by Crippen LogP contribution is -2.31. The molecule has 0 saturated heterocycles. The fourth-order valence-corrected chi connectivity index (χ4v) is 1.54. The van der Waals surface area contributed by atoms with Crippen LogP contribution in [0.1, 0.15) is 12.0 Å². The van der Waals surface area contributed by atoms with Crippen molar-refractivity contribution < 1.29 is 4.79 Å². The minimum atomic E-state index is -0.612. The van der Waals surface area contributed by atoms with Gasteiger partial charge in [0.15, 0.2) is 5.78 Å². The van der Waals surface area contributed by atoms with E-state index in [-0.39, 0.29) is 18.6 Å². The Hall–Kier alpha value is -1.01. The van der Waals surface area contributed by atoms with Gasteiger partial charge in [0.05, 0.1) is 16.1 Å². The number of hydrogen-bond donors (Lipinski definition) is 1. The molecule has 1 rings (SSSR count). The van der Waals surface area contributed by atoms with Gasteiger partial charge >= 0.3 is 0 Å². The van der Waals surface area contributed by atoms with Gasteiger partial charge in [-0.15, -0.1) is 12.3 Å². The lowest BCUT2D eigenvalue weighted by molar-refractivity contribution is -0.119. The molecular formula is C12H11Cl2NO. The highest BCUT2D eigenvalue weighted by Gasteiger charge is 2.13. The molecular weight excluding hydrogens is 245 g/mol. The standard InChI is InChI=1S/C12H11Cl2NO/c1-2-3-11(15)12(16)7-8-4-5-9(13)10(14)6-8/h1,4-6,11H,3,7,15H2. The van der Waals surface area contributed by atoms with Crippen LogP contribution >= 0.6 is 23.2 Å². The molecule has 0 fully saturated rings. The molecule has 1 atom stereocenters. The second kappa shape index (κ2) is 5.91. The summed E-state index contributed by atoms with van der Waals surface area (Å²) in [4.78, 5) is 11.6. The largest absolute Gasteiger partial charge is 0.321 e. The zero-order valence-electron chi connectivity index (χ0n) is 8.54. The fraction of sp³-hybridized carbons (Fsp3) is 0.250. The summed E-state index contributed by atoms with van der Waals surface area (Å²) in [6.45, 7) is 0. The Balaban J connectivity index is 2.70. The van der Waals surface area contributed by atoms with Gasteiger partial charge in [-0.05, 0) is 17.7 Å². The molecule has 1 unspecified atom stereocenters. The van der Waals surface area contributed by atoms with Gasteiger partial charge in [-0.2, -0.15) is 0 Å². The third kappa shape index (κ3) is 3.53. The molecule has 0 aliphatic rings. The molecule has 0 spiro atoms. The molecule has 16 heavy (non-hydrogen) atoms. The van der Waals surface area contributed by atoms with E-state index >= 15 is 0 Å². The van der Waals surface area contributed by atoms with Gasteiger partial charge in [0.2, 0.25) is 0 Å². The monoisotopic (exact) mass is 255 g/mol. The van der Waals surface area contributed by atoms with E-state index in [0.717, 1.165) is 5.56 Å². The van der Waals surface area contributed by atoms with E-state index < -0.39 is 6.04 Å². The van der Waals surface area contributed by atoms with Crippen LogP contribution in [0.2, 0.25) is 10.0 Å². The number of benzene rings is 1. The maximum atomic E-state index is 11.6. The Morgan fingerprint density at radius 1 is 1.44 bits per heavy atom. The van der Waals surface area contributed by atoms with Crippen molar-refractivity contribution in [2.24, 2.45) is 5.73 Å². The number of carbonyl (C=O) groups excluding carboxylic acids is 1. The predicted octanol–water partition coefficient (Wildman–Crippen LogP) is 2.46. The molecule has 0 aliphatic carbocycles. The van der Waals surface area contributed by atoms with Crippen LogP contribution in [0.5, 0.6) is 0 Å². The van der Waals surface area contributed by atoms with E-state index in [2.05, 4.69) is 5.92 Å². The molecule has 0 heterocycles. The third-order valence-corrected chi connectivity index (χ3v) is 2.85. The summed E-state index contributed by atoms with van der Waals surface area (Å²) in [6, 6.07) is 4.44. The summed E-state index contributed by atoms with van der Waals surface area (Å²) < 4.78 is 0. The van der Waals surface area contributed by atoms with Crippen molar-refractivity contribution in [2.75, 3.05) is 0 Å². The molecule has 4 heteroatoms. The number of hydrogen-bond acceptors (Lipinski definition) is 2. The number of ketones is 1. The highest BCUT2D eigenvalue weighted by atomic mass is 35.5. The Labute approximate surface area is 105 Å². The Kier molecular flexibility index (Phi) is 4.82. The summed E-state index contributed by atoms with van der Waals surface area (Å²) in [5.41, 5.74) is 6.38. The first-order valence-corrected chi connectivity index (χ1v) is 5.46. The third-order valence-electron chi connectivity index (χ3n) is 2.11. The lowest BCUT2D eigenvalue weighted by Gasteiger charge is -2.07. The first kappa shape index (κ1) is 13.1. The second-order valence-corrected chi connectivity index (χ2v) is 4.22. The van der Waals surface area contributed by atoms with E-state index in [1.165, 1.54) is 0 Å². The van der Waals surface area contributed by atoms with Crippen LogP contribution in [-0.2, 0) is 11.2 Å². The molecule has 84 valence electrons. The number of rotatable bonds is 4. The Morgan fingerprint density at radius 3 is 2.69 bits per heavy atom. The summed E-state index contributed by atoms with van der Waals surface area (Å²) in [5, 5.41) is 0.892. The van der Waals surface area contributed by atoms with E-state index in [0.29, 0.717) is 10.0 Å². The topological polar surface area (TPSA) is 43.1 Å². The highest BCUT2D eigenvalue weighted by Crippen LogP contribution is 2.22. The SMILES string of the molecule is C#CCC(N)C(=O)Cc1ccc(Cl)c(Cl)c1. The smallest absolute Gasteiger partial charge is 0.154 e. The summed E-state index contributed by atoms with van der Waals surface area (Å²) >= 11 is 11.6. The summed E-state index contributed by atoms with van der Waals surface area (Å²) in [6.07, 6.45) is 5.56. The zero-order valence-corrected chi connectivity index (χ0v) is 10.1. The molecule has 1 aromatic rings. The van der Waals surface area contributed by atoms with E-state index in [1.54, 1.807) is 18.2 Å². The molecule has 2 nitrogen and oxygen atoms in total. The quantitative estimate of drug-likeness (QED) is 0.841. The average Bonchev–Trinajstić information content (AvgIpc) is 2.24. The first-order valence-electron chi connectivity index (χ1n) is 4.70. The number of terminal acetylenes is 1. The lowest BCUT2D eigenvalue weighted by atomic mass is 10.0. The predicted molar refractivity (Wildman–Crippen MR) is 66.6 cm³/mol. The molecule has 0 aromatic heterocycles. The summed E-state index contributed by atoms with van der Waals surface area (Å²) in [5.74, 6) is 2.26. The molecule has 0 radical (unpaired) electrons. The maximum Gasteiger partial charge on any atom is 0.154 e. The van der Waals surface area contributed by atoms with Crippen LogP contribution in [0.4, 0.5) is 0 Å². The van der Waals surface area contributed by atoms with Crippen molar-refractivity contribution in [3.8, 4) is 12.3 Å². The van der Waals surface area contributed by atoms with Crippen LogP contribution < -0.4 is 5.73 Å². The Bertz CT molecular complexity index is 437. The van der Waals surface area contributed by atoms with E-state index in [4.69, 9.17) is 35.4 Å². The van der Waals surface area contributed by atoms with Gasteiger partial charge in [-0.25, -0.2) is 0 Å². The first-order chi connectivity index (χ1) is 7.54. The fourth-order valence-electron chi connectivity index (χ4n) is 1.22. The van der Waals surface area contributed by atoms with Gasteiger partial charge in [-0.1, -0.05) is 29.3 Å². The highest BCUT2D eigenvalue weighted by molar-refractivity contribution is 6.42. The maximum absolute atomic E-state index is 11.6. The number of Topliss-reactive ketones (excluding diaryl/α,β-unsaturated/α-hetero) is 1. The summed E-state index contributed by atoms with van der Waals surface area (Å²) in [7, 11) is 0. The van der Waals surface area contributed by atoms with Crippen LogP contribution in [0, 0.1) is 12.3 Å². The molecule has 0 aliphatic heterocycles. The van der Waals surface area contributed by atoms with Gasteiger partial charge < -0.3 is 5.73 Å². The van der Waals surface area contributed by atoms with Crippen molar-refractivity contribution in [3.05, 3.63) is 33.8 Å². The van der Waals surface area contributed by atoms with Crippen LogP contribution in [0.25, 0.3) is 0 Å². The Morgan fingerprint density at radius 2 is 2.12 bits per heavy atom. The van der Waals surface area contributed by atoms with E-state index in [1.807, 2.05) is 0 Å². The van der Waals surface area contributed by atoms with Gasteiger partial charge in [0.1, 0.15) is 0 Å². The number of carbonyl (C=O) groups is 1. The van der Waals surface area contributed by atoms with E-state index in [9.17, 15) is 4.79 Å². The minimum absolute atomic E-state index is 0.101. The molecule has 2 N–H and O–H groups in total. The molecule has 0 amide bonds. The van der Waals surface area contributed by atoms with Crippen molar-refractivity contribution in [3.63, 3.8) is 0 Å². The van der Waals surface area contributed by atoms with Gasteiger partial charge in [-0.3, -0.25) is 4.79 Å². The average molecular weight is 256 g/mol. The molecule has 0 saturated carbocycles. The van der Waals surface area contributed by atoms with Crippen molar-refractivity contribution in [1.82, 2.24) is 0 Å². The minimum Gasteiger partial charge on any atom is -0.321 e. The molecule has 1 aromatic carbocycles.